The molecule has 0 aromatic heterocycles. The van der Waals surface area contributed by atoms with Crippen molar-refractivity contribution in [2.24, 2.45) is 5.41 Å². The summed E-state index contributed by atoms with van der Waals surface area (Å²) in [5.74, 6) is 0.444. The molecule has 1 rings (SSSR count). The first kappa shape index (κ1) is 10.6. The molecule has 1 aliphatic carbocycles. The summed E-state index contributed by atoms with van der Waals surface area (Å²) in [6, 6.07) is 0. The van der Waals surface area contributed by atoms with Gasteiger partial charge in [0.25, 0.3) is 0 Å². The first-order valence-corrected chi connectivity index (χ1v) is 4.41. The number of aldehydes is 1. The Morgan fingerprint density at radius 2 is 2.50 bits per heavy atom. The van der Waals surface area contributed by atoms with Crippen LogP contribution in [0.25, 0.3) is 0 Å². The minimum Gasteiger partial charge on any atom is -0.504 e. The Kier molecular flexibility index (Phi) is 3.12. The number of allylic oxidation sites excluding steroid dienone is 3. The Hall–Kier alpha value is -1.51. The standard InChI is InChI=1S/C11H14O3/c1-3-5-11(8-12)6-4-9(13)10(7-11)14-2/h3-4,7-8,13H,1,5-6H2,2H3. The van der Waals surface area contributed by atoms with Crippen molar-refractivity contribution >= 4 is 6.29 Å². The van der Waals surface area contributed by atoms with Crippen molar-refractivity contribution in [1.82, 2.24) is 0 Å². The molecule has 3 nitrogen and oxygen atoms in total. The lowest BCUT2D eigenvalue weighted by Crippen LogP contribution is -2.22. The molecule has 0 saturated heterocycles. The number of rotatable bonds is 4. The highest BCUT2D eigenvalue weighted by atomic mass is 16.5. The van der Waals surface area contributed by atoms with Crippen molar-refractivity contribution in [3.8, 4) is 0 Å². The van der Waals surface area contributed by atoms with Gasteiger partial charge in [0.2, 0.25) is 0 Å². The highest BCUT2D eigenvalue weighted by molar-refractivity contribution is 5.65. The second-order valence-corrected chi connectivity index (χ2v) is 3.35. The minimum atomic E-state index is -0.598. The maximum atomic E-state index is 11.0. The molecule has 1 N–H and O–H groups in total. The van der Waals surface area contributed by atoms with Gasteiger partial charge in [0.05, 0.1) is 12.5 Å². The van der Waals surface area contributed by atoms with Gasteiger partial charge in [-0.05, 0) is 25.0 Å². The van der Waals surface area contributed by atoms with Crippen LogP contribution in [-0.2, 0) is 9.53 Å². The van der Waals surface area contributed by atoms with E-state index in [-0.39, 0.29) is 5.76 Å². The maximum Gasteiger partial charge on any atom is 0.157 e. The van der Waals surface area contributed by atoms with Crippen LogP contribution in [0.1, 0.15) is 12.8 Å². The Balaban J connectivity index is 2.99. The van der Waals surface area contributed by atoms with E-state index in [1.807, 2.05) is 0 Å². The number of hydrogen-bond acceptors (Lipinski definition) is 3. The van der Waals surface area contributed by atoms with Crippen LogP contribution in [0.4, 0.5) is 0 Å². The topological polar surface area (TPSA) is 46.5 Å². The summed E-state index contributed by atoms with van der Waals surface area (Å²) < 4.78 is 4.96. The van der Waals surface area contributed by atoms with E-state index < -0.39 is 5.41 Å². The van der Waals surface area contributed by atoms with Gasteiger partial charge in [-0.3, -0.25) is 0 Å². The van der Waals surface area contributed by atoms with Crippen LogP contribution in [0, 0.1) is 5.41 Å². The third-order valence-corrected chi connectivity index (χ3v) is 2.33. The number of aliphatic hydroxyl groups excluding tert-OH is 1. The van der Waals surface area contributed by atoms with Crippen LogP contribution in [0.15, 0.2) is 36.3 Å². The molecule has 76 valence electrons. The molecule has 1 atom stereocenters. The SMILES string of the molecule is C=CCC1(C=O)C=C(OC)C(O)=CC1. The predicted octanol–water partition coefficient (Wildman–Crippen LogP) is 2.12. The minimum absolute atomic E-state index is 0.0917. The van der Waals surface area contributed by atoms with E-state index >= 15 is 0 Å². The molecule has 0 heterocycles. The molecule has 0 spiro atoms. The van der Waals surface area contributed by atoms with Gasteiger partial charge in [-0.2, -0.15) is 0 Å². The molecule has 14 heavy (non-hydrogen) atoms. The normalized spacial score (nSPS) is 26.1. The summed E-state index contributed by atoms with van der Waals surface area (Å²) in [7, 11) is 1.46. The van der Waals surface area contributed by atoms with Crippen LogP contribution in [0.5, 0.6) is 0 Å². The highest BCUT2D eigenvalue weighted by Crippen LogP contribution is 2.34. The largest absolute Gasteiger partial charge is 0.504 e. The summed E-state index contributed by atoms with van der Waals surface area (Å²) in [4.78, 5) is 11.0. The number of methoxy groups -OCH3 is 1. The van der Waals surface area contributed by atoms with E-state index in [1.54, 1.807) is 18.2 Å². The lowest BCUT2D eigenvalue weighted by Gasteiger charge is -2.25. The van der Waals surface area contributed by atoms with Gasteiger partial charge in [0, 0.05) is 0 Å². The fourth-order valence-corrected chi connectivity index (χ4v) is 1.49. The number of hydrogen-bond donors (Lipinski definition) is 1. The molecule has 0 aromatic carbocycles. The maximum absolute atomic E-state index is 11.0. The van der Waals surface area contributed by atoms with E-state index in [0.717, 1.165) is 6.29 Å². The third kappa shape index (κ3) is 1.87. The second-order valence-electron chi connectivity index (χ2n) is 3.35. The smallest absolute Gasteiger partial charge is 0.157 e. The quantitative estimate of drug-likeness (QED) is 0.550. The van der Waals surface area contributed by atoms with Crippen LogP contribution < -0.4 is 0 Å². The van der Waals surface area contributed by atoms with Crippen molar-refractivity contribution in [3.05, 3.63) is 36.3 Å². The molecule has 0 radical (unpaired) electrons. The van der Waals surface area contributed by atoms with Gasteiger partial charge in [-0.25, -0.2) is 0 Å². The van der Waals surface area contributed by atoms with E-state index in [1.165, 1.54) is 7.11 Å². The summed E-state index contributed by atoms with van der Waals surface area (Å²) >= 11 is 0. The van der Waals surface area contributed by atoms with Gasteiger partial charge < -0.3 is 14.6 Å². The van der Waals surface area contributed by atoms with E-state index in [2.05, 4.69) is 6.58 Å². The number of aliphatic hydroxyl groups is 1. The Bertz CT molecular complexity index is 302. The molecular weight excluding hydrogens is 180 g/mol. The van der Waals surface area contributed by atoms with E-state index in [0.29, 0.717) is 18.6 Å². The zero-order chi connectivity index (χ0) is 10.6. The van der Waals surface area contributed by atoms with Crippen molar-refractivity contribution in [2.75, 3.05) is 7.11 Å². The molecule has 1 unspecified atom stereocenters. The van der Waals surface area contributed by atoms with Gasteiger partial charge in [-0.1, -0.05) is 6.08 Å². The number of carbonyl (C=O) groups is 1. The van der Waals surface area contributed by atoms with Crippen molar-refractivity contribution < 1.29 is 14.6 Å². The molecule has 0 aromatic rings. The Morgan fingerprint density at radius 3 is 3.00 bits per heavy atom. The van der Waals surface area contributed by atoms with Crippen molar-refractivity contribution in [1.29, 1.82) is 0 Å². The zero-order valence-corrected chi connectivity index (χ0v) is 8.19. The summed E-state index contributed by atoms with van der Waals surface area (Å²) in [5, 5.41) is 9.39. The molecule has 0 aliphatic heterocycles. The molecule has 3 heteroatoms. The fraction of sp³-hybridized carbons (Fsp3) is 0.364. The first-order valence-electron chi connectivity index (χ1n) is 4.41. The van der Waals surface area contributed by atoms with Gasteiger partial charge in [0.15, 0.2) is 11.5 Å². The average Bonchev–Trinajstić information content (AvgIpc) is 2.22. The molecule has 0 fully saturated rings. The molecule has 0 bridgehead atoms. The fourth-order valence-electron chi connectivity index (χ4n) is 1.49. The van der Waals surface area contributed by atoms with Crippen molar-refractivity contribution in [3.63, 3.8) is 0 Å². The average molecular weight is 194 g/mol. The second kappa shape index (κ2) is 4.13. The van der Waals surface area contributed by atoms with Crippen LogP contribution >= 0.6 is 0 Å². The van der Waals surface area contributed by atoms with Crippen molar-refractivity contribution in [2.45, 2.75) is 12.8 Å². The monoisotopic (exact) mass is 194 g/mol. The third-order valence-electron chi connectivity index (χ3n) is 2.33. The van der Waals surface area contributed by atoms with Gasteiger partial charge >= 0.3 is 0 Å². The lowest BCUT2D eigenvalue weighted by atomic mass is 9.79. The summed E-state index contributed by atoms with van der Waals surface area (Å²) in [6.45, 7) is 3.61. The zero-order valence-electron chi connectivity index (χ0n) is 8.19. The van der Waals surface area contributed by atoms with Crippen LogP contribution in [0.2, 0.25) is 0 Å². The Morgan fingerprint density at radius 1 is 1.79 bits per heavy atom. The summed E-state index contributed by atoms with van der Waals surface area (Å²) in [5.41, 5.74) is -0.598. The number of carbonyl (C=O) groups excluding carboxylic acids is 1. The van der Waals surface area contributed by atoms with Crippen LogP contribution in [-0.4, -0.2) is 18.5 Å². The van der Waals surface area contributed by atoms with Crippen LogP contribution in [0.3, 0.4) is 0 Å². The molecular formula is C11H14O3. The Labute approximate surface area is 83.4 Å². The van der Waals surface area contributed by atoms with E-state index in [4.69, 9.17) is 4.74 Å². The van der Waals surface area contributed by atoms with Gasteiger partial charge in [-0.15, -0.1) is 6.58 Å². The molecule has 0 saturated carbocycles. The lowest BCUT2D eigenvalue weighted by molar-refractivity contribution is -0.114. The van der Waals surface area contributed by atoms with Gasteiger partial charge in [0.1, 0.15) is 6.29 Å². The summed E-state index contributed by atoms with van der Waals surface area (Å²) in [6.07, 6.45) is 6.84. The van der Waals surface area contributed by atoms with E-state index in [9.17, 15) is 9.90 Å². The predicted molar refractivity (Wildman–Crippen MR) is 53.7 cm³/mol. The first-order chi connectivity index (χ1) is 6.67. The number of ether oxygens (including phenoxy) is 1. The molecule has 1 aliphatic rings. The molecule has 0 amide bonds. The highest BCUT2D eigenvalue weighted by Gasteiger charge is 2.30.